The van der Waals surface area contributed by atoms with Crippen LogP contribution in [0.25, 0.3) is 57.5 Å². The lowest BCUT2D eigenvalue weighted by Crippen LogP contribution is -2.36. The fraction of sp³-hybridized carbons (Fsp3) is 0.0667. The standard InChI is InChI=1S/C60H46F2N4/c1-42-54-17-8-10-19-58(54)65(49-13-4-2-5-14-49)57(42)21-12-40-63(48-34-26-45(61)27-35-48)47-30-22-43(23-31-47)44-24-32-51(33-25-44)64(52-36-28-46(62)29-37-52)53-38-39-60-56(41-53)55-18-9-11-20-59(55)66(60)50-15-6-3-7-16-50/h2-24,26-32,34-40,53H,1,25,33,41H2. The van der Waals surface area contributed by atoms with Gasteiger partial charge in [-0.15, -0.1) is 0 Å². The maximum atomic E-state index is 14.4. The van der Waals surface area contributed by atoms with Crippen LogP contribution in [0.1, 0.15) is 29.7 Å². The van der Waals surface area contributed by atoms with E-state index in [-0.39, 0.29) is 17.7 Å². The van der Waals surface area contributed by atoms with Crippen molar-refractivity contribution in [3.8, 4) is 11.4 Å². The van der Waals surface area contributed by atoms with Gasteiger partial charge in [-0.1, -0.05) is 104 Å². The van der Waals surface area contributed by atoms with Gasteiger partial charge in [0.1, 0.15) is 11.6 Å². The summed E-state index contributed by atoms with van der Waals surface area (Å²) in [7, 11) is 0. The van der Waals surface area contributed by atoms with Gasteiger partial charge in [0.25, 0.3) is 0 Å². The van der Waals surface area contributed by atoms with Crippen LogP contribution in [0.15, 0.2) is 218 Å². The highest BCUT2D eigenvalue weighted by Crippen LogP contribution is 2.39. The number of halogens is 2. The van der Waals surface area contributed by atoms with Crippen molar-refractivity contribution in [1.29, 1.82) is 0 Å². The molecule has 9 aromatic rings. The summed E-state index contributed by atoms with van der Waals surface area (Å²) in [6.07, 6.45) is 17.7. The molecule has 6 heteroatoms. The first kappa shape index (κ1) is 40.5. The van der Waals surface area contributed by atoms with Crippen molar-refractivity contribution in [2.75, 3.05) is 9.80 Å². The average Bonchev–Trinajstić information content (AvgIpc) is 3.85. The summed E-state index contributed by atoms with van der Waals surface area (Å²) in [5.41, 5.74) is 13.3. The number of rotatable bonds is 10. The van der Waals surface area contributed by atoms with E-state index in [0.29, 0.717) is 0 Å². The zero-order valence-electron chi connectivity index (χ0n) is 36.3. The first-order chi connectivity index (χ1) is 32.5. The van der Waals surface area contributed by atoms with Gasteiger partial charge in [-0.05, 0) is 157 Å². The van der Waals surface area contributed by atoms with Gasteiger partial charge in [-0.3, -0.25) is 0 Å². The van der Waals surface area contributed by atoms with Crippen LogP contribution in [0.3, 0.4) is 0 Å². The molecule has 2 aromatic heterocycles. The molecule has 0 fully saturated rings. The zero-order valence-corrected chi connectivity index (χ0v) is 36.3. The van der Waals surface area contributed by atoms with Gasteiger partial charge in [-0.25, -0.2) is 8.78 Å². The monoisotopic (exact) mass is 860 g/mol. The Morgan fingerprint density at radius 3 is 1.76 bits per heavy atom. The van der Waals surface area contributed by atoms with Crippen LogP contribution in [-0.2, 0) is 6.42 Å². The van der Waals surface area contributed by atoms with E-state index >= 15 is 0 Å². The van der Waals surface area contributed by atoms with Crippen molar-refractivity contribution < 1.29 is 8.78 Å². The quantitative estimate of drug-likeness (QED) is 0.136. The molecule has 2 aliphatic rings. The molecule has 320 valence electrons. The number of nitrogens with zero attached hydrogens (tertiary/aromatic N) is 4. The summed E-state index contributed by atoms with van der Waals surface area (Å²) in [6, 6.07) is 59.9. The number of aromatic nitrogens is 2. The summed E-state index contributed by atoms with van der Waals surface area (Å²) in [6.45, 7) is 4.49. The molecule has 0 N–H and O–H groups in total. The fourth-order valence-corrected chi connectivity index (χ4v) is 9.80. The van der Waals surface area contributed by atoms with Gasteiger partial charge in [0.05, 0.1) is 22.4 Å². The molecule has 2 heterocycles. The molecule has 11 rings (SSSR count). The van der Waals surface area contributed by atoms with Crippen molar-refractivity contribution in [2.24, 2.45) is 0 Å². The Kier molecular flexibility index (Phi) is 10.7. The lowest BCUT2D eigenvalue weighted by molar-refractivity contribution is 0.626. The molecule has 2 aliphatic carbocycles. The van der Waals surface area contributed by atoms with E-state index in [1.165, 1.54) is 45.6 Å². The molecule has 0 radical (unpaired) electrons. The van der Waals surface area contributed by atoms with E-state index < -0.39 is 0 Å². The number of hydrogen-bond donors (Lipinski definition) is 0. The van der Waals surface area contributed by atoms with Gasteiger partial charge in [0.15, 0.2) is 0 Å². The molecule has 0 saturated carbocycles. The third-order valence-corrected chi connectivity index (χ3v) is 12.9. The number of para-hydroxylation sites is 4. The Balaban J connectivity index is 0.906. The summed E-state index contributed by atoms with van der Waals surface area (Å²) in [4.78, 5) is 4.47. The van der Waals surface area contributed by atoms with E-state index in [1.807, 2.05) is 48.7 Å². The van der Waals surface area contributed by atoms with Crippen molar-refractivity contribution in [3.63, 3.8) is 0 Å². The minimum Gasteiger partial charge on any atom is -0.338 e. The fourth-order valence-electron chi connectivity index (χ4n) is 9.80. The largest absolute Gasteiger partial charge is 0.338 e. The van der Waals surface area contributed by atoms with Crippen LogP contribution in [0.4, 0.5) is 25.8 Å². The van der Waals surface area contributed by atoms with E-state index in [0.717, 1.165) is 74.7 Å². The Bertz CT molecular complexity index is 3470. The molecule has 66 heavy (non-hydrogen) atoms. The van der Waals surface area contributed by atoms with Crippen molar-refractivity contribution >= 4 is 63.2 Å². The SMILES string of the molecule is C=c1c(=CC=CN(c2ccc(F)cc2)c2ccc(C3=CC=C(N(c4ccc(F)cc4)C4C=Cc5c(c6ccccc6n5-c5ccccc5)C4)CC3)cc2)n(-c2ccccc2)c2ccccc12. The molecule has 1 unspecified atom stereocenters. The second-order valence-corrected chi connectivity index (χ2v) is 16.8. The van der Waals surface area contributed by atoms with Crippen molar-refractivity contribution in [3.05, 3.63) is 257 Å². The second kappa shape index (κ2) is 17.4. The average molecular weight is 861 g/mol. The normalized spacial score (nSPS) is 15.0. The van der Waals surface area contributed by atoms with Crippen molar-refractivity contribution in [1.82, 2.24) is 9.13 Å². The third kappa shape index (κ3) is 7.56. The minimum atomic E-state index is -0.284. The Labute approximate surface area is 383 Å². The summed E-state index contributed by atoms with van der Waals surface area (Å²) in [5, 5.41) is 4.29. The molecular formula is C60H46F2N4. The number of benzene rings is 7. The topological polar surface area (TPSA) is 16.3 Å². The number of allylic oxidation sites excluding steroid dienone is 5. The number of hydrogen-bond acceptors (Lipinski definition) is 2. The highest BCUT2D eigenvalue weighted by Gasteiger charge is 2.29. The number of fused-ring (bicyclic) bond motifs is 4. The third-order valence-electron chi connectivity index (χ3n) is 12.9. The predicted octanol–water partition coefficient (Wildman–Crippen LogP) is 13.6. The van der Waals surface area contributed by atoms with Gasteiger partial charge in [0, 0.05) is 62.0 Å². The highest BCUT2D eigenvalue weighted by atomic mass is 19.1. The summed E-state index contributed by atoms with van der Waals surface area (Å²) >= 11 is 0. The molecule has 0 amide bonds. The van der Waals surface area contributed by atoms with E-state index in [1.54, 1.807) is 24.3 Å². The maximum absolute atomic E-state index is 14.4. The molecule has 0 saturated heterocycles. The summed E-state index contributed by atoms with van der Waals surface area (Å²) in [5.74, 6) is -0.534. The minimum absolute atomic E-state index is 0.0306. The van der Waals surface area contributed by atoms with Crippen LogP contribution < -0.4 is 20.4 Å². The first-order valence-corrected chi connectivity index (χ1v) is 22.5. The van der Waals surface area contributed by atoms with E-state index in [4.69, 9.17) is 0 Å². The van der Waals surface area contributed by atoms with Crippen LogP contribution in [0.2, 0.25) is 0 Å². The zero-order chi connectivity index (χ0) is 44.6. The van der Waals surface area contributed by atoms with Crippen LogP contribution in [0, 0.1) is 11.6 Å². The molecule has 7 aromatic carbocycles. The van der Waals surface area contributed by atoms with Gasteiger partial charge >= 0.3 is 0 Å². The van der Waals surface area contributed by atoms with E-state index in [9.17, 15) is 8.78 Å². The lowest BCUT2D eigenvalue weighted by Gasteiger charge is -2.37. The number of anilines is 3. The van der Waals surface area contributed by atoms with Crippen molar-refractivity contribution in [2.45, 2.75) is 25.3 Å². The first-order valence-electron chi connectivity index (χ1n) is 22.5. The Morgan fingerprint density at radius 2 is 1.12 bits per heavy atom. The molecule has 1 atom stereocenters. The van der Waals surface area contributed by atoms with Gasteiger partial charge in [0.2, 0.25) is 0 Å². The van der Waals surface area contributed by atoms with E-state index in [2.05, 4.69) is 165 Å². The summed E-state index contributed by atoms with van der Waals surface area (Å²) < 4.78 is 33.2. The molecule has 0 spiro atoms. The Morgan fingerprint density at radius 1 is 0.561 bits per heavy atom. The molecular weight excluding hydrogens is 815 g/mol. The van der Waals surface area contributed by atoms with Crippen LogP contribution in [-0.4, -0.2) is 15.2 Å². The second-order valence-electron chi connectivity index (χ2n) is 16.8. The maximum Gasteiger partial charge on any atom is 0.123 e. The smallest absolute Gasteiger partial charge is 0.123 e. The molecule has 0 aliphatic heterocycles. The predicted molar refractivity (Wildman–Crippen MR) is 271 cm³/mol. The molecule has 0 bridgehead atoms. The highest BCUT2D eigenvalue weighted by molar-refractivity contribution is 5.91. The Hall–Kier alpha value is -8.22. The van der Waals surface area contributed by atoms with Gasteiger partial charge < -0.3 is 18.9 Å². The van der Waals surface area contributed by atoms with Gasteiger partial charge in [-0.2, -0.15) is 0 Å². The van der Waals surface area contributed by atoms with Crippen LogP contribution >= 0.6 is 0 Å². The molecule has 4 nitrogen and oxygen atoms in total. The van der Waals surface area contributed by atoms with Crippen LogP contribution in [0.5, 0.6) is 0 Å². The lowest BCUT2D eigenvalue weighted by atomic mass is 9.91.